The Kier molecular flexibility index (Phi) is 4.52. The summed E-state index contributed by atoms with van der Waals surface area (Å²) in [6.45, 7) is 4.81. The van der Waals surface area contributed by atoms with Crippen molar-refractivity contribution in [3.63, 3.8) is 0 Å². The number of fused-ring (bicyclic) bond motifs is 1. The minimum Gasteiger partial charge on any atom is -0.452 e. The van der Waals surface area contributed by atoms with Gasteiger partial charge in [-0.1, -0.05) is 6.07 Å². The zero-order valence-corrected chi connectivity index (χ0v) is 17.5. The van der Waals surface area contributed by atoms with Crippen LogP contribution in [0.25, 0.3) is 33.4 Å². The molecule has 1 saturated heterocycles. The van der Waals surface area contributed by atoms with Crippen molar-refractivity contribution in [1.29, 1.82) is 0 Å². The number of carbonyl (C=O) groups is 1. The van der Waals surface area contributed by atoms with Crippen LogP contribution in [0.2, 0.25) is 0 Å². The molecule has 0 unspecified atom stereocenters. The van der Waals surface area contributed by atoms with Crippen molar-refractivity contribution < 1.29 is 14.3 Å². The van der Waals surface area contributed by atoms with E-state index in [1.165, 1.54) is 0 Å². The molecular formula is C22H21N7O3. The summed E-state index contributed by atoms with van der Waals surface area (Å²) in [5.74, 6) is -0.729. The number of anilines is 1. The maximum atomic E-state index is 12.2. The number of aryl methyl sites for hydroxylation is 1. The van der Waals surface area contributed by atoms with Gasteiger partial charge in [-0.05, 0) is 43.2 Å². The number of benzene rings is 1. The number of nitrogens with one attached hydrogen (secondary N) is 1. The van der Waals surface area contributed by atoms with Gasteiger partial charge < -0.3 is 20.9 Å². The van der Waals surface area contributed by atoms with Gasteiger partial charge in [-0.15, -0.1) is 0 Å². The summed E-state index contributed by atoms with van der Waals surface area (Å²) >= 11 is 0. The Bertz CT molecular complexity index is 1360. The summed E-state index contributed by atoms with van der Waals surface area (Å²) in [5, 5.41) is 7.96. The molecule has 4 heterocycles. The van der Waals surface area contributed by atoms with Gasteiger partial charge in [-0.25, -0.2) is 9.97 Å². The van der Waals surface area contributed by atoms with E-state index in [9.17, 15) is 4.79 Å². The van der Waals surface area contributed by atoms with Crippen LogP contribution in [0.5, 0.6) is 6.01 Å². The fraction of sp³-hybridized carbons (Fsp3) is 0.227. The Hall–Kier alpha value is -4.05. The lowest BCUT2D eigenvalue weighted by Crippen LogP contribution is -2.52. The highest BCUT2D eigenvalue weighted by molar-refractivity contribution is 6.05. The van der Waals surface area contributed by atoms with Gasteiger partial charge >= 0.3 is 6.01 Å². The first-order valence-corrected chi connectivity index (χ1v) is 9.98. The van der Waals surface area contributed by atoms with Crippen LogP contribution >= 0.6 is 0 Å². The molecule has 5 N–H and O–H groups in total. The van der Waals surface area contributed by atoms with Crippen molar-refractivity contribution >= 4 is 22.5 Å². The third-order valence-corrected chi connectivity index (χ3v) is 5.44. The van der Waals surface area contributed by atoms with Crippen LogP contribution in [0.4, 0.5) is 5.69 Å². The van der Waals surface area contributed by atoms with Gasteiger partial charge in [0.05, 0.1) is 42.0 Å². The van der Waals surface area contributed by atoms with Crippen molar-refractivity contribution in [3.8, 4) is 28.5 Å². The molecule has 0 aliphatic carbocycles. The van der Waals surface area contributed by atoms with Crippen molar-refractivity contribution in [2.75, 3.05) is 18.9 Å². The summed E-state index contributed by atoms with van der Waals surface area (Å²) in [7, 11) is 0. The molecule has 0 bridgehead atoms. The molecule has 162 valence electrons. The van der Waals surface area contributed by atoms with E-state index in [2.05, 4.69) is 25.1 Å². The normalized spacial score (nSPS) is 14.8. The molecule has 3 aromatic heterocycles. The molecule has 0 atom stereocenters. The molecule has 0 radical (unpaired) electrons. The number of carbonyl (C=O) groups excluding carboxylic acids is 1. The van der Waals surface area contributed by atoms with E-state index < -0.39 is 11.5 Å². The second-order valence-corrected chi connectivity index (χ2v) is 8.04. The van der Waals surface area contributed by atoms with E-state index in [0.717, 1.165) is 22.0 Å². The van der Waals surface area contributed by atoms with E-state index in [-0.39, 0.29) is 17.4 Å². The van der Waals surface area contributed by atoms with Crippen LogP contribution < -0.4 is 16.2 Å². The summed E-state index contributed by atoms with van der Waals surface area (Å²) < 4.78 is 11.1. The van der Waals surface area contributed by atoms with E-state index in [1.807, 2.05) is 26.0 Å². The highest BCUT2D eigenvalue weighted by Crippen LogP contribution is 2.38. The van der Waals surface area contributed by atoms with Gasteiger partial charge in [0.2, 0.25) is 0 Å². The average molecular weight is 431 g/mol. The Morgan fingerprint density at radius 2 is 2.03 bits per heavy atom. The van der Waals surface area contributed by atoms with Gasteiger partial charge in [-0.2, -0.15) is 10.1 Å². The Morgan fingerprint density at radius 3 is 2.75 bits per heavy atom. The number of primary amides is 1. The third-order valence-electron chi connectivity index (χ3n) is 5.44. The van der Waals surface area contributed by atoms with Crippen molar-refractivity contribution in [2.45, 2.75) is 19.4 Å². The molecular weight excluding hydrogens is 410 g/mol. The number of nitrogens with two attached hydrogens (primary N) is 2. The number of pyridine rings is 1. The quantitative estimate of drug-likeness (QED) is 0.434. The predicted octanol–water partition coefficient (Wildman–Crippen LogP) is 2.24. The van der Waals surface area contributed by atoms with E-state index >= 15 is 0 Å². The summed E-state index contributed by atoms with van der Waals surface area (Å²) in [6, 6.07) is 7.56. The number of rotatable bonds is 5. The van der Waals surface area contributed by atoms with E-state index in [0.29, 0.717) is 30.2 Å². The van der Waals surface area contributed by atoms with E-state index in [4.69, 9.17) is 20.9 Å². The molecule has 1 aromatic carbocycles. The zero-order valence-electron chi connectivity index (χ0n) is 17.5. The van der Waals surface area contributed by atoms with Crippen molar-refractivity contribution in [3.05, 3.63) is 47.9 Å². The van der Waals surface area contributed by atoms with Gasteiger partial charge in [0.15, 0.2) is 11.3 Å². The lowest BCUT2D eigenvalue weighted by molar-refractivity contribution is -0.153. The molecule has 0 saturated carbocycles. The molecule has 0 spiro atoms. The second-order valence-electron chi connectivity index (χ2n) is 8.04. The van der Waals surface area contributed by atoms with Crippen LogP contribution in [0, 0.1) is 6.92 Å². The monoisotopic (exact) mass is 431 g/mol. The third kappa shape index (κ3) is 3.30. The maximum Gasteiger partial charge on any atom is 0.317 e. The minimum absolute atomic E-state index is 0.0298. The number of ether oxygens (including phenoxy) is 2. The molecule has 10 nitrogen and oxygen atoms in total. The Labute approximate surface area is 183 Å². The number of nitrogen functional groups attached to an aromatic ring is 1. The summed E-state index contributed by atoms with van der Waals surface area (Å²) in [5.41, 5.74) is 15.8. The predicted molar refractivity (Wildman–Crippen MR) is 118 cm³/mol. The Balaban J connectivity index is 1.68. The zero-order chi connectivity index (χ0) is 22.5. The Morgan fingerprint density at radius 1 is 1.22 bits per heavy atom. The summed E-state index contributed by atoms with van der Waals surface area (Å²) in [6.07, 6.45) is 3.30. The molecule has 1 fully saturated rings. The SMILES string of the molecule is Cc1ccc2[nH]ncc2c1-c1cc(-c2ccnc(OC3(C)COC3)n2)nc(C(N)=O)c1N. The number of H-pyrrole nitrogens is 1. The van der Waals surface area contributed by atoms with Crippen LogP contribution in [0.3, 0.4) is 0 Å². The molecule has 4 aromatic rings. The van der Waals surface area contributed by atoms with E-state index in [1.54, 1.807) is 24.5 Å². The van der Waals surface area contributed by atoms with Crippen molar-refractivity contribution in [2.24, 2.45) is 5.73 Å². The van der Waals surface area contributed by atoms with Gasteiger partial charge in [0, 0.05) is 17.1 Å². The van der Waals surface area contributed by atoms with Gasteiger partial charge in [0.25, 0.3) is 5.91 Å². The van der Waals surface area contributed by atoms with Crippen LogP contribution in [0.1, 0.15) is 23.0 Å². The molecule has 1 aliphatic heterocycles. The average Bonchev–Trinajstić information content (AvgIpc) is 3.22. The molecule has 5 rings (SSSR count). The fourth-order valence-electron chi connectivity index (χ4n) is 3.77. The first kappa shape index (κ1) is 19.9. The number of aromatic nitrogens is 5. The van der Waals surface area contributed by atoms with Crippen LogP contribution in [-0.2, 0) is 4.74 Å². The minimum atomic E-state index is -0.729. The smallest absolute Gasteiger partial charge is 0.317 e. The number of aromatic amines is 1. The summed E-state index contributed by atoms with van der Waals surface area (Å²) in [4.78, 5) is 25.3. The molecule has 1 aliphatic rings. The largest absolute Gasteiger partial charge is 0.452 e. The highest BCUT2D eigenvalue weighted by Gasteiger charge is 2.36. The van der Waals surface area contributed by atoms with Gasteiger partial charge in [-0.3, -0.25) is 9.89 Å². The first-order chi connectivity index (χ1) is 15.3. The number of hydrogen-bond acceptors (Lipinski definition) is 8. The first-order valence-electron chi connectivity index (χ1n) is 9.98. The van der Waals surface area contributed by atoms with Gasteiger partial charge in [0.1, 0.15) is 0 Å². The lowest BCUT2D eigenvalue weighted by atomic mass is 9.94. The molecule has 10 heteroatoms. The lowest BCUT2D eigenvalue weighted by Gasteiger charge is -2.36. The number of amides is 1. The van der Waals surface area contributed by atoms with Crippen LogP contribution in [0.15, 0.2) is 36.7 Å². The maximum absolute atomic E-state index is 12.2. The number of nitrogens with zero attached hydrogens (tertiary/aromatic N) is 4. The highest BCUT2D eigenvalue weighted by atomic mass is 16.6. The number of hydrogen-bond donors (Lipinski definition) is 3. The molecule has 1 amide bonds. The second kappa shape index (κ2) is 7.27. The fourth-order valence-corrected chi connectivity index (χ4v) is 3.77. The standard InChI is InChI=1S/C22H21N7O3/c1-11-3-4-14-13(8-26-29-14)17(11)12-7-16(27-19(18(12)23)20(24)30)15-5-6-25-21(28-15)32-22(2)9-31-10-22/h3-8H,9-10,23H2,1-2H3,(H2,24,30)(H,26,29). The topological polar surface area (TPSA) is 155 Å². The van der Waals surface area contributed by atoms with Crippen molar-refractivity contribution in [1.82, 2.24) is 25.1 Å². The molecule has 32 heavy (non-hydrogen) atoms. The van der Waals surface area contributed by atoms with Crippen LogP contribution in [-0.4, -0.2) is 49.9 Å².